The SMILES string of the molecule is C=C1CC(=O)N(c2cccc(C(=O)O)c2)N1. The van der Waals surface area contributed by atoms with Gasteiger partial charge in [-0.15, -0.1) is 0 Å². The van der Waals surface area contributed by atoms with Gasteiger partial charge in [-0.3, -0.25) is 10.2 Å². The second-order valence-electron chi connectivity index (χ2n) is 3.48. The van der Waals surface area contributed by atoms with Gasteiger partial charge in [0.15, 0.2) is 0 Å². The molecule has 1 aromatic carbocycles. The first-order chi connectivity index (χ1) is 7.58. The van der Waals surface area contributed by atoms with Gasteiger partial charge in [-0.05, 0) is 18.2 Å². The number of carbonyl (C=O) groups is 2. The number of carboxylic acids is 1. The third-order valence-corrected chi connectivity index (χ3v) is 2.24. The maximum Gasteiger partial charge on any atom is 0.335 e. The molecule has 1 aliphatic heterocycles. The van der Waals surface area contributed by atoms with Crippen LogP contribution in [0.1, 0.15) is 16.8 Å². The molecule has 0 radical (unpaired) electrons. The van der Waals surface area contributed by atoms with E-state index in [0.29, 0.717) is 11.4 Å². The van der Waals surface area contributed by atoms with E-state index >= 15 is 0 Å². The molecule has 2 rings (SSSR count). The van der Waals surface area contributed by atoms with Crippen LogP contribution in [0.4, 0.5) is 5.69 Å². The number of benzene rings is 1. The summed E-state index contributed by atoms with van der Waals surface area (Å²) in [6.45, 7) is 3.65. The van der Waals surface area contributed by atoms with Gasteiger partial charge in [0.1, 0.15) is 0 Å². The van der Waals surface area contributed by atoms with Crippen molar-refractivity contribution in [3.8, 4) is 0 Å². The van der Waals surface area contributed by atoms with E-state index in [1.165, 1.54) is 17.1 Å². The van der Waals surface area contributed by atoms with Crippen LogP contribution in [0, 0.1) is 0 Å². The van der Waals surface area contributed by atoms with Crippen molar-refractivity contribution in [1.82, 2.24) is 5.43 Å². The van der Waals surface area contributed by atoms with Gasteiger partial charge in [0, 0.05) is 5.70 Å². The lowest BCUT2D eigenvalue weighted by Gasteiger charge is -2.16. The summed E-state index contributed by atoms with van der Waals surface area (Å²) in [4.78, 5) is 22.3. The predicted molar refractivity (Wildman–Crippen MR) is 57.8 cm³/mol. The van der Waals surface area contributed by atoms with Crippen molar-refractivity contribution < 1.29 is 14.7 Å². The first-order valence-corrected chi connectivity index (χ1v) is 4.68. The van der Waals surface area contributed by atoms with Gasteiger partial charge in [-0.25, -0.2) is 9.80 Å². The highest BCUT2D eigenvalue weighted by atomic mass is 16.4. The summed E-state index contributed by atoms with van der Waals surface area (Å²) in [5.74, 6) is -1.17. The third-order valence-electron chi connectivity index (χ3n) is 2.24. The Morgan fingerprint density at radius 3 is 2.81 bits per heavy atom. The number of rotatable bonds is 2. The van der Waals surface area contributed by atoms with E-state index in [9.17, 15) is 9.59 Å². The minimum atomic E-state index is -1.02. The number of hydrazine groups is 1. The molecule has 5 nitrogen and oxygen atoms in total. The summed E-state index contributed by atoms with van der Waals surface area (Å²) in [5.41, 5.74) is 4.03. The van der Waals surface area contributed by atoms with Crippen LogP contribution in [0.15, 0.2) is 36.5 Å². The molecule has 0 bridgehead atoms. The molecular weight excluding hydrogens is 208 g/mol. The number of hydrogen-bond acceptors (Lipinski definition) is 3. The summed E-state index contributed by atoms with van der Waals surface area (Å²) in [6, 6.07) is 6.16. The number of anilines is 1. The Balaban J connectivity index is 2.34. The lowest BCUT2D eigenvalue weighted by atomic mass is 10.2. The van der Waals surface area contributed by atoms with Crippen molar-refractivity contribution in [2.75, 3.05) is 5.01 Å². The fourth-order valence-corrected chi connectivity index (χ4v) is 1.51. The lowest BCUT2D eigenvalue weighted by Crippen LogP contribution is -2.33. The van der Waals surface area contributed by atoms with Gasteiger partial charge in [-0.1, -0.05) is 12.6 Å². The molecule has 0 unspecified atom stereocenters. The van der Waals surface area contributed by atoms with Crippen LogP contribution >= 0.6 is 0 Å². The molecule has 0 aromatic heterocycles. The highest BCUT2D eigenvalue weighted by Crippen LogP contribution is 2.20. The van der Waals surface area contributed by atoms with Gasteiger partial charge in [0.2, 0.25) is 0 Å². The Kier molecular flexibility index (Phi) is 2.36. The predicted octanol–water partition coefficient (Wildman–Crippen LogP) is 1.14. The Labute approximate surface area is 92.0 Å². The number of nitrogens with zero attached hydrogens (tertiary/aromatic N) is 1. The topological polar surface area (TPSA) is 69.6 Å². The molecule has 1 aromatic rings. The Hall–Kier alpha value is -2.30. The summed E-state index contributed by atoms with van der Waals surface area (Å²) >= 11 is 0. The first-order valence-electron chi connectivity index (χ1n) is 4.68. The molecule has 1 aliphatic rings. The molecule has 16 heavy (non-hydrogen) atoms. The Morgan fingerprint density at radius 1 is 1.50 bits per heavy atom. The highest BCUT2D eigenvalue weighted by Gasteiger charge is 2.24. The fraction of sp³-hybridized carbons (Fsp3) is 0.0909. The molecule has 0 saturated carbocycles. The zero-order valence-corrected chi connectivity index (χ0v) is 8.43. The Bertz CT molecular complexity index is 482. The van der Waals surface area contributed by atoms with Crippen molar-refractivity contribution in [2.45, 2.75) is 6.42 Å². The van der Waals surface area contributed by atoms with Gasteiger partial charge in [0.05, 0.1) is 17.7 Å². The molecule has 82 valence electrons. The summed E-state index contributed by atoms with van der Waals surface area (Å²) in [6.07, 6.45) is 0.233. The van der Waals surface area contributed by atoms with E-state index in [2.05, 4.69) is 12.0 Å². The van der Waals surface area contributed by atoms with E-state index < -0.39 is 5.97 Å². The van der Waals surface area contributed by atoms with E-state index in [1.54, 1.807) is 12.1 Å². The molecular formula is C11H10N2O3. The smallest absolute Gasteiger partial charge is 0.335 e. The average Bonchev–Trinajstić information content (AvgIpc) is 2.58. The van der Waals surface area contributed by atoms with Gasteiger partial charge >= 0.3 is 5.97 Å². The summed E-state index contributed by atoms with van der Waals surface area (Å²) in [5, 5.41) is 10.1. The van der Waals surface area contributed by atoms with E-state index in [-0.39, 0.29) is 17.9 Å². The Morgan fingerprint density at radius 2 is 2.25 bits per heavy atom. The number of amides is 1. The van der Waals surface area contributed by atoms with Gasteiger partial charge in [-0.2, -0.15) is 0 Å². The highest BCUT2D eigenvalue weighted by molar-refractivity contribution is 5.98. The second-order valence-corrected chi connectivity index (χ2v) is 3.48. The first kappa shape index (κ1) is 10.2. The van der Waals surface area contributed by atoms with Crippen LogP contribution < -0.4 is 10.4 Å². The molecule has 2 N–H and O–H groups in total. The molecule has 5 heteroatoms. The molecule has 1 amide bonds. The molecule has 0 spiro atoms. The minimum absolute atomic E-state index is 0.143. The van der Waals surface area contributed by atoms with Crippen LogP contribution in [-0.4, -0.2) is 17.0 Å². The van der Waals surface area contributed by atoms with Crippen LogP contribution in [0.25, 0.3) is 0 Å². The van der Waals surface area contributed by atoms with Crippen LogP contribution in [0.2, 0.25) is 0 Å². The van der Waals surface area contributed by atoms with E-state index in [4.69, 9.17) is 5.11 Å². The molecule has 0 atom stereocenters. The average molecular weight is 218 g/mol. The number of carboxylic acid groups (broad SMARTS) is 1. The number of nitrogens with one attached hydrogen (secondary N) is 1. The van der Waals surface area contributed by atoms with Crippen molar-refractivity contribution in [2.24, 2.45) is 0 Å². The largest absolute Gasteiger partial charge is 0.478 e. The van der Waals surface area contributed by atoms with Gasteiger partial charge < -0.3 is 5.11 Å². The van der Waals surface area contributed by atoms with Crippen molar-refractivity contribution >= 4 is 17.6 Å². The number of aromatic carboxylic acids is 1. The number of carbonyl (C=O) groups excluding carboxylic acids is 1. The van der Waals surface area contributed by atoms with E-state index in [1.807, 2.05) is 0 Å². The van der Waals surface area contributed by atoms with Crippen LogP contribution in [0.3, 0.4) is 0 Å². The van der Waals surface area contributed by atoms with Crippen molar-refractivity contribution in [3.63, 3.8) is 0 Å². The lowest BCUT2D eigenvalue weighted by molar-refractivity contribution is -0.117. The molecule has 1 saturated heterocycles. The number of hydrogen-bond donors (Lipinski definition) is 2. The zero-order chi connectivity index (χ0) is 11.7. The summed E-state index contributed by atoms with van der Waals surface area (Å²) < 4.78 is 0. The molecule has 0 aliphatic carbocycles. The second kappa shape index (κ2) is 3.69. The van der Waals surface area contributed by atoms with Crippen molar-refractivity contribution in [3.05, 3.63) is 42.1 Å². The fourth-order valence-electron chi connectivity index (χ4n) is 1.51. The maximum absolute atomic E-state index is 11.5. The quantitative estimate of drug-likeness (QED) is 0.781. The molecule has 1 heterocycles. The minimum Gasteiger partial charge on any atom is -0.478 e. The monoisotopic (exact) mass is 218 g/mol. The normalized spacial score (nSPS) is 15.1. The van der Waals surface area contributed by atoms with Crippen LogP contribution in [-0.2, 0) is 4.79 Å². The maximum atomic E-state index is 11.5. The van der Waals surface area contributed by atoms with Crippen molar-refractivity contribution in [1.29, 1.82) is 0 Å². The third kappa shape index (κ3) is 1.75. The van der Waals surface area contributed by atoms with Gasteiger partial charge in [0.25, 0.3) is 5.91 Å². The van der Waals surface area contributed by atoms with E-state index in [0.717, 1.165) is 0 Å². The zero-order valence-electron chi connectivity index (χ0n) is 8.43. The standard InChI is InChI=1S/C11H10N2O3/c1-7-5-10(14)13(12-7)9-4-2-3-8(6-9)11(15)16/h2-4,6,12H,1,5H2,(H,15,16). The van der Waals surface area contributed by atoms with Crippen LogP contribution in [0.5, 0.6) is 0 Å². The summed E-state index contributed by atoms with van der Waals surface area (Å²) in [7, 11) is 0. The molecule has 1 fully saturated rings.